The second-order valence-corrected chi connectivity index (χ2v) is 13.1. The molecule has 6 N–H and O–H groups in total. The standard InChI is InChI=1S/C29H38N2O6.C8H15N3O/c1-29(2)18-25(24-5-3-4-6-28(24)37-29)31-26(19-32)21-8-10-27-22(17-21)7-9-23(36-27)20-35-16-15-34-14-13-33-12-11-30;1-3-8(4-2)5-6(12)10-7(9)11-8/h3-6,8,10,17,23,25,31H,7,9,11-16,18,20,30H2,1-2H3;3-5H2,1-2H3,(H3,9,10,11,12). The molecule has 0 saturated carbocycles. The molecule has 2 aromatic rings. The lowest BCUT2D eigenvalue weighted by molar-refractivity contribution is -0.121. The summed E-state index contributed by atoms with van der Waals surface area (Å²) in [4.78, 5) is 27.4. The molecule has 0 saturated heterocycles. The molecule has 49 heavy (non-hydrogen) atoms. The molecule has 12 heteroatoms. The molecule has 12 nitrogen and oxygen atoms in total. The van der Waals surface area contributed by atoms with Gasteiger partial charge in [-0.2, -0.15) is 0 Å². The Morgan fingerprint density at radius 2 is 1.76 bits per heavy atom. The van der Waals surface area contributed by atoms with E-state index in [2.05, 4.69) is 35.4 Å². The van der Waals surface area contributed by atoms with Gasteiger partial charge in [0, 0.05) is 24.1 Å². The first-order valence-corrected chi connectivity index (χ1v) is 17.3. The van der Waals surface area contributed by atoms with Crippen LogP contribution in [0.3, 0.4) is 0 Å². The van der Waals surface area contributed by atoms with E-state index in [1.54, 1.807) is 0 Å². The van der Waals surface area contributed by atoms with Crippen molar-refractivity contribution < 1.29 is 33.3 Å². The van der Waals surface area contributed by atoms with E-state index in [0.29, 0.717) is 58.3 Å². The fraction of sp³-hybridized carbons (Fsp3) is 0.568. The largest absolute Gasteiger partial charge is 0.488 e. The van der Waals surface area contributed by atoms with Gasteiger partial charge >= 0.3 is 0 Å². The van der Waals surface area contributed by atoms with Crippen LogP contribution in [0.15, 0.2) is 47.5 Å². The molecule has 0 radical (unpaired) electrons. The van der Waals surface area contributed by atoms with Crippen molar-refractivity contribution in [2.45, 2.75) is 89.5 Å². The van der Waals surface area contributed by atoms with Crippen LogP contribution in [-0.2, 0) is 30.2 Å². The van der Waals surface area contributed by atoms with Crippen molar-refractivity contribution >= 4 is 23.5 Å². The monoisotopic (exact) mass is 679 g/mol. The number of carbonyl (C=O) groups excluding carboxylic acids is 2. The third-order valence-corrected chi connectivity index (χ3v) is 8.92. The molecule has 3 aliphatic rings. The minimum absolute atomic E-state index is 0.00795. The summed E-state index contributed by atoms with van der Waals surface area (Å²) in [6, 6.07) is 13.8. The molecule has 3 heterocycles. The average Bonchev–Trinajstić information content (AvgIpc) is 3.09. The van der Waals surface area contributed by atoms with Crippen LogP contribution in [0.5, 0.6) is 11.5 Å². The lowest BCUT2D eigenvalue weighted by atomic mass is 9.88. The summed E-state index contributed by atoms with van der Waals surface area (Å²) in [6.07, 6.45) is 4.60. The molecule has 3 aliphatic heterocycles. The molecule has 268 valence electrons. The molecule has 5 rings (SSSR count). The number of nitrogens with one attached hydrogen (secondary N) is 2. The summed E-state index contributed by atoms with van der Waals surface area (Å²) in [5.41, 5.74) is 13.6. The fourth-order valence-electron chi connectivity index (χ4n) is 6.20. The van der Waals surface area contributed by atoms with Crippen LogP contribution in [0.25, 0.3) is 5.70 Å². The Labute approximate surface area is 289 Å². The molecule has 0 aromatic heterocycles. The van der Waals surface area contributed by atoms with Gasteiger partial charge in [-0.1, -0.05) is 32.0 Å². The van der Waals surface area contributed by atoms with Crippen LogP contribution >= 0.6 is 0 Å². The number of amides is 1. The number of carbonyl (C=O) groups is 1. The second kappa shape index (κ2) is 18.2. The number of aryl methyl sites for hydroxylation is 1. The lowest BCUT2D eigenvalue weighted by Crippen LogP contribution is -2.48. The third kappa shape index (κ3) is 11.0. The zero-order valence-electron chi connectivity index (χ0n) is 29.3. The maximum Gasteiger partial charge on any atom is 0.229 e. The van der Waals surface area contributed by atoms with Crippen molar-refractivity contribution in [2.24, 2.45) is 16.5 Å². The van der Waals surface area contributed by atoms with E-state index in [1.807, 2.05) is 56.3 Å². The summed E-state index contributed by atoms with van der Waals surface area (Å²) in [7, 11) is 0. The number of para-hydroxylation sites is 1. The van der Waals surface area contributed by atoms with Crippen molar-refractivity contribution in [3.05, 3.63) is 59.2 Å². The Kier molecular flexibility index (Phi) is 14.0. The Balaban J connectivity index is 0.000000380. The zero-order valence-corrected chi connectivity index (χ0v) is 29.3. The highest BCUT2D eigenvalue weighted by atomic mass is 16.6. The quantitative estimate of drug-likeness (QED) is 0.160. The van der Waals surface area contributed by atoms with Crippen molar-refractivity contribution in [1.82, 2.24) is 10.6 Å². The Bertz CT molecular complexity index is 1470. The van der Waals surface area contributed by atoms with Gasteiger partial charge < -0.3 is 40.5 Å². The molecule has 2 atom stereocenters. The van der Waals surface area contributed by atoms with E-state index in [1.165, 1.54) is 0 Å². The van der Waals surface area contributed by atoms with Crippen molar-refractivity contribution in [2.75, 3.05) is 46.2 Å². The second-order valence-electron chi connectivity index (χ2n) is 13.1. The van der Waals surface area contributed by atoms with Crippen LogP contribution in [-0.4, -0.2) is 81.2 Å². The fourth-order valence-corrected chi connectivity index (χ4v) is 6.20. The number of benzene rings is 2. The minimum atomic E-state index is -0.341. The number of hydrogen-bond acceptors (Lipinski definition) is 11. The van der Waals surface area contributed by atoms with E-state index < -0.39 is 0 Å². The van der Waals surface area contributed by atoms with Crippen LogP contribution in [0.2, 0.25) is 0 Å². The SMILES string of the molecule is CC1(C)CC(NC(=C=O)c2ccc3c(c2)CCC(COCCOCCOCCN)O3)c2ccccc2O1.CCC1(CC)CC(=O)NC(N)=N1. The maximum atomic E-state index is 12.0. The number of ether oxygens (including phenoxy) is 5. The molecular weight excluding hydrogens is 626 g/mol. The summed E-state index contributed by atoms with van der Waals surface area (Å²) in [5.74, 6) is 4.04. The normalized spacial score (nSPS) is 20.0. The highest BCUT2D eigenvalue weighted by molar-refractivity contribution is 5.98. The van der Waals surface area contributed by atoms with E-state index in [-0.39, 0.29) is 35.2 Å². The number of aliphatic imine (C=N–C) groups is 1. The molecule has 0 bridgehead atoms. The van der Waals surface area contributed by atoms with Crippen molar-refractivity contribution in [3.63, 3.8) is 0 Å². The number of nitrogens with two attached hydrogens (primary N) is 2. The smallest absolute Gasteiger partial charge is 0.229 e. The lowest BCUT2D eigenvalue weighted by Gasteiger charge is -2.38. The van der Waals surface area contributed by atoms with Crippen LogP contribution in [0, 0.1) is 0 Å². The Morgan fingerprint density at radius 1 is 1.04 bits per heavy atom. The van der Waals surface area contributed by atoms with Crippen LogP contribution in [0.4, 0.5) is 0 Å². The summed E-state index contributed by atoms with van der Waals surface area (Å²) < 4.78 is 28.8. The van der Waals surface area contributed by atoms with Crippen molar-refractivity contribution in [1.29, 1.82) is 0 Å². The topological polar surface area (TPSA) is 169 Å². The van der Waals surface area contributed by atoms with E-state index in [0.717, 1.165) is 60.3 Å². The van der Waals surface area contributed by atoms with Gasteiger partial charge in [0.2, 0.25) is 5.91 Å². The third-order valence-electron chi connectivity index (χ3n) is 8.92. The molecule has 2 aromatic carbocycles. The van der Waals surface area contributed by atoms with Gasteiger partial charge in [0.1, 0.15) is 28.9 Å². The molecule has 1 amide bonds. The molecule has 0 aliphatic carbocycles. The molecular formula is C37H53N5O7. The highest BCUT2D eigenvalue weighted by Crippen LogP contribution is 2.40. The van der Waals surface area contributed by atoms with Gasteiger partial charge in [0.05, 0.1) is 57.6 Å². The van der Waals surface area contributed by atoms with Gasteiger partial charge in [-0.25, -0.2) is 9.79 Å². The average molecular weight is 680 g/mol. The molecule has 0 fully saturated rings. The number of nitrogens with zero attached hydrogens (tertiary/aromatic N) is 1. The number of hydrogen-bond donors (Lipinski definition) is 4. The Hall–Kier alpha value is -3.93. The van der Waals surface area contributed by atoms with E-state index in [9.17, 15) is 9.59 Å². The van der Waals surface area contributed by atoms with Gasteiger partial charge in [0.25, 0.3) is 0 Å². The predicted octanol–water partition coefficient (Wildman–Crippen LogP) is 3.83. The summed E-state index contributed by atoms with van der Waals surface area (Å²) in [5, 5.41) is 5.93. The van der Waals surface area contributed by atoms with Gasteiger partial charge in [0.15, 0.2) is 11.9 Å². The van der Waals surface area contributed by atoms with Crippen LogP contribution < -0.4 is 31.6 Å². The Morgan fingerprint density at radius 3 is 2.45 bits per heavy atom. The van der Waals surface area contributed by atoms with Gasteiger partial charge in [-0.15, -0.1) is 0 Å². The zero-order chi connectivity index (χ0) is 35.3. The van der Waals surface area contributed by atoms with E-state index in [4.69, 9.17) is 35.2 Å². The first-order valence-electron chi connectivity index (χ1n) is 17.3. The first kappa shape index (κ1) is 37.9. The summed E-state index contributed by atoms with van der Waals surface area (Å²) >= 11 is 0. The highest BCUT2D eigenvalue weighted by Gasteiger charge is 2.35. The van der Waals surface area contributed by atoms with E-state index >= 15 is 0 Å². The number of fused-ring (bicyclic) bond motifs is 2. The molecule has 0 spiro atoms. The van der Waals surface area contributed by atoms with Crippen molar-refractivity contribution in [3.8, 4) is 11.5 Å². The minimum Gasteiger partial charge on any atom is -0.488 e. The number of guanidine groups is 1. The number of rotatable bonds is 15. The van der Waals surface area contributed by atoms with Crippen LogP contribution in [0.1, 0.15) is 82.5 Å². The predicted molar refractivity (Wildman–Crippen MR) is 189 cm³/mol. The van der Waals surface area contributed by atoms with Gasteiger partial charge in [-0.3, -0.25) is 10.1 Å². The summed E-state index contributed by atoms with van der Waals surface area (Å²) in [6.45, 7) is 11.8. The maximum absolute atomic E-state index is 12.0. The first-order chi connectivity index (χ1) is 23.6. The molecule has 2 unspecified atom stereocenters. The van der Waals surface area contributed by atoms with Gasteiger partial charge in [-0.05, 0) is 69.4 Å².